The summed E-state index contributed by atoms with van der Waals surface area (Å²) in [5, 5.41) is 0.328. The van der Waals surface area contributed by atoms with Crippen molar-refractivity contribution in [2.24, 2.45) is 5.73 Å². The van der Waals surface area contributed by atoms with Crippen LogP contribution in [-0.2, 0) is 12.0 Å². The van der Waals surface area contributed by atoms with Gasteiger partial charge in [0.25, 0.3) is 0 Å². The Morgan fingerprint density at radius 1 is 1.15 bits per heavy atom. The fraction of sp³-hybridized carbons (Fsp3) is 0.250. The highest BCUT2D eigenvalue weighted by Gasteiger charge is 2.23. The first-order chi connectivity index (χ1) is 9.29. The molecule has 4 heteroatoms. The first-order valence-electron chi connectivity index (χ1n) is 6.29. The lowest BCUT2D eigenvalue weighted by molar-refractivity contribution is 0.485. The van der Waals surface area contributed by atoms with Crippen LogP contribution in [0, 0.1) is 18.6 Å². The highest BCUT2D eigenvalue weighted by molar-refractivity contribution is 6.31. The Morgan fingerprint density at radius 3 is 2.45 bits per heavy atom. The molecule has 0 fully saturated rings. The molecule has 20 heavy (non-hydrogen) atoms. The van der Waals surface area contributed by atoms with E-state index in [2.05, 4.69) is 0 Å². The van der Waals surface area contributed by atoms with Gasteiger partial charge in [-0.25, -0.2) is 8.78 Å². The van der Waals surface area contributed by atoms with E-state index in [1.165, 1.54) is 18.2 Å². The standard InChI is InChI=1S/C16H16ClF2N/c1-10-3-5-12(7-15(10)19)16(2,20)9-11-4-6-13(18)8-14(11)17/h3-8H,9,20H2,1-2H3. The van der Waals surface area contributed by atoms with Crippen molar-refractivity contribution in [3.8, 4) is 0 Å². The Hall–Kier alpha value is -1.45. The van der Waals surface area contributed by atoms with Crippen LogP contribution in [-0.4, -0.2) is 0 Å². The number of benzene rings is 2. The summed E-state index contributed by atoms with van der Waals surface area (Å²) in [5.41, 5.74) is 7.49. The lowest BCUT2D eigenvalue weighted by Crippen LogP contribution is -2.35. The Labute approximate surface area is 122 Å². The maximum Gasteiger partial charge on any atom is 0.126 e. The molecule has 0 saturated heterocycles. The third kappa shape index (κ3) is 3.17. The molecule has 0 saturated carbocycles. The van der Waals surface area contributed by atoms with E-state index in [0.29, 0.717) is 22.6 Å². The summed E-state index contributed by atoms with van der Waals surface area (Å²) in [6.07, 6.45) is 0.397. The molecule has 0 aliphatic rings. The summed E-state index contributed by atoms with van der Waals surface area (Å²) in [4.78, 5) is 0. The average Bonchev–Trinajstić information content (AvgIpc) is 2.36. The van der Waals surface area contributed by atoms with Crippen molar-refractivity contribution < 1.29 is 8.78 Å². The van der Waals surface area contributed by atoms with E-state index in [-0.39, 0.29) is 11.6 Å². The van der Waals surface area contributed by atoms with E-state index in [0.717, 1.165) is 5.56 Å². The first-order valence-corrected chi connectivity index (χ1v) is 6.67. The molecule has 0 bridgehead atoms. The lowest BCUT2D eigenvalue weighted by atomic mass is 9.86. The molecule has 0 heterocycles. The van der Waals surface area contributed by atoms with Gasteiger partial charge in [-0.15, -0.1) is 0 Å². The minimum atomic E-state index is -0.782. The fourth-order valence-corrected chi connectivity index (χ4v) is 2.34. The SMILES string of the molecule is Cc1ccc(C(C)(N)Cc2ccc(F)cc2Cl)cc1F. The third-order valence-corrected chi connectivity index (χ3v) is 3.76. The normalized spacial score (nSPS) is 14.1. The highest BCUT2D eigenvalue weighted by Crippen LogP contribution is 2.28. The Bertz CT molecular complexity index is 638. The highest BCUT2D eigenvalue weighted by atomic mass is 35.5. The van der Waals surface area contributed by atoms with E-state index in [1.807, 2.05) is 0 Å². The molecular weight excluding hydrogens is 280 g/mol. The third-order valence-electron chi connectivity index (χ3n) is 3.40. The molecule has 0 aliphatic heterocycles. The second-order valence-electron chi connectivity index (χ2n) is 5.29. The molecule has 106 valence electrons. The number of aryl methyl sites for hydroxylation is 1. The van der Waals surface area contributed by atoms with Crippen LogP contribution in [0.1, 0.15) is 23.6 Å². The molecule has 2 N–H and O–H groups in total. The number of halogens is 3. The summed E-state index contributed by atoms with van der Waals surface area (Å²) >= 11 is 6.01. The predicted octanol–water partition coefficient (Wildman–Crippen LogP) is 4.34. The summed E-state index contributed by atoms with van der Waals surface area (Å²) in [5.74, 6) is -0.678. The van der Waals surface area contributed by atoms with Crippen molar-refractivity contribution in [2.75, 3.05) is 0 Å². The Kier molecular flexibility index (Phi) is 4.11. The van der Waals surface area contributed by atoms with Gasteiger partial charge >= 0.3 is 0 Å². The van der Waals surface area contributed by atoms with E-state index < -0.39 is 5.54 Å². The van der Waals surface area contributed by atoms with Crippen LogP contribution < -0.4 is 5.73 Å². The summed E-state index contributed by atoms with van der Waals surface area (Å²) < 4.78 is 26.7. The minimum Gasteiger partial charge on any atom is -0.321 e. The molecular formula is C16H16ClF2N. The summed E-state index contributed by atoms with van der Waals surface area (Å²) in [7, 11) is 0. The molecule has 1 atom stereocenters. The number of hydrogen-bond acceptors (Lipinski definition) is 1. The molecule has 2 aromatic rings. The predicted molar refractivity (Wildman–Crippen MR) is 77.8 cm³/mol. The van der Waals surface area contributed by atoms with Crippen LogP contribution in [0.25, 0.3) is 0 Å². The monoisotopic (exact) mass is 295 g/mol. The van der Waals surface area contributed by atoms with Crippen LogP contribution in [0.2, 0.25) is 5.02 Å². The van der Waals surface area contributed by atoms with Gasteiger partial charge in [0.2, 0.25) is 0 Å². The van der Waals surface area contributed by atoms with Crippen molar-refractivity contribution in [3.05, 3.63) is 69.7 Å². The van der Waals surface area contributed by atoms with Crippen LogP contribution in [0.4, 0.5) is 8.78 Å². The summed E-state index contributed by atoms with van der Waals surface area (Å²) in [6.45, 7) is 3.50. The van der Waals surface area contributed by atoms with Crippen molar-refractivity contribution in [1.29, 1.82) is 0 Å². The molecule has 0 spiro atoms. The van der Waals surface area contributed by atoms with Gasteiger partial charge in [0.05, 0.1) is 0 Å². The fourth-order valence-electron chi connectivity index (χ4n) is 2.11. The van der Waals surface area contributed by atoms with Crippen LogP contribution in [0.3, 0.4) is 0 Å². The molecule has 0 aromatic heterocycles. The van der Waals surface area contributed by atoms with Gasteiger partial charge in [-0.3, -0.25) is 0 Å². The van der Waals surface area contributed by atoms with Gasteiger partial charge in [0.1, 0.15) is 11.6 Å². The van der Waals surface area contributed by atoms with Gasteiger partial charge in [-0.2, -0.15) is 0 Å². The smallest absolute Gasteiger partial charge is 0.126 e. The van der Waals surface area contributed by atoms with Gasteiger partial charge < -0.3 is 5.73 Å². The average molecular weight is 296 g/mol. The zero-order valence-electron chi connectivity index (χ0n) is 11.4. The Morgan fingerprint density at radius 2 is 1.85 bits per heavy atom. The zero-order valence-corrected chi connectivity index (χ0v) is 12.1. The van der Waals surface area contributed by atoms with Crippen LogP contribution in [0.15, 0.2) is 36.4 Å². The van der Waals surface area contributed by atoms with Crippen molar-refractivity contribution in [2.45, 2.75) is 25.8 Å². The second-order valence-corrected chi connectivity index (χ2v) is 5.70. The largest absolute Gasteiger partial charge is 0.321 e. The van der Waals surface area contributed by atoms with Crippen LogP contribution in [0.5, 0.6) is 0 Å². The van der Waals surface area contributed by atoms with Gasteiger partial charge in [-0.1, -0.05) is 29.8 Å². The number of hydrogen-bond donors (Lipinski definition) is 1. The molecule has 0 aliphatic carbocycles. The van der Waals surface area contributed by atoms with Gasteiger partial charge in [0.15, 0.2) is 0 Å². The van der Waals surface area contributed by atoms with Crippen molar-refractivity contribution in [1.82, 2.24) is 0 Å². The lowest BCUT2D eigenvalue weighted by Gasteiger charge is -2.26. The minimum absolute atomic E-state index is 0.288. The summed E-state index contributed by atoms with van der Waals surface area (Å²) in [6, 6.07) is 9.13. The van der Waals surface area contributed by atoms with Gasteiger partial charge in [0, 0.05) is 10.6 Å². The molecule has 1 unspecified atom stereocenters. The molecule has 1 nitrogen and oxygen atoms in total. The van der Waals surface area contributed by atoms with E-state index in [4.69, 9.17) is 17.3 Å². The zero-order chi connectivity index (χ0) is 14.9. The molecule has 2 rings (SSSR count). The number of nitrogens with two attached hydrogens (primary N) is 1. The Balaban J connectivity index is 2.32. The number of rotatable bonds is 3. The van der Waals surface area contributed by atoms with E-state index in [1.54, 1.807) is 32.0 Å². The van der Waals surface area contributed by atoms with Crippen LogP contribution >= 0.6 is 11.6 Å². The molecule has 0 radical (unpaired) electrons. The van der Waals surface area contributed by atoms with Crippen molar-refractivity contribution in [3.63, 3.8) is 0 Å². The quantitative estimate of drug-likeness (QED) is 0.895. The molecule has 0 amide bonds. The maximum atomic E-state index is 13.6. The molecule has 2 aromatic carbocycles. The first kappa shape index (κ1) is 14.9. The second kappa shape index (κ2) is 5.51. The van der Waals surface area contributed by atoms with Gasteiger partial charge in [-0.05, 0) is 55.2 Å². The van der Waals surface area contributed by atoms with Crippen molar-refractivity contribution >= 4 is 11.6 Å². The van der Waals surface area contributed by atoms with E-state index >= 15 is 0 Å². The van der Waals surface area contributed by atoms with E-state index in [9.17, 15) is 8.78 Å². The topological polar surface area (TPSA) is 26.0 Å². The maximum absolute atomic E-state index is 13.6.